The van der Waals surface area contributed by atoms with Gasteiger partial charge in [-0.2, -0.15) is 57.1 Å². The molecule has 20 heteroatoms. The van der Waals surface area contributed by atoms with Crippen LogP contribution in [0.4, 0.5) is 62.8 Å². The third kappa shape index (κ3) is 8.53. The van der Waals surface area contributed by atoms with Crippen molar-refractivity contribution in [2.24, 2.45) is 4.99 Å². The second kappa shape index (κ2) is 16.3. The average Bonchev–Trinajstić information content (AvgIpc) is 3.55. The zero-order valence-corrected chi connectivity index (χ0v) is 28.0. The van der Waals surface area contributed by atoms with Crippen molar-refractivity contribution in [2.45, 2.75) is 73.7 Å². The van der Waals surface area contributed by atoms with E-state index in [0.29, 0.717) is 25.9 Å². The Labute approximate surface area is 309 Å². The second-order valence-electron chi connectivity index (χ2n) is 11.8. The van der Waals surface area contributed by atoms with Crippen molar-refractivity contribution >= 4 is 23.3 Å². The van der Waals surface area contributed by atoms with Crippen molar-refractivity contribution in [2.75, 3.05) is 6.54 Å². The number of carboxylic acids is 1. The number of aliphatic imine (C=N–C) groups is 1. The van der Waals surface area contributed by atoms with Gasteiger partial charge in [0.25, 0.3) is 0 Å². The minimum absolute atomic E-state index is 0. The van der Waals surface area contributed by atoms with Crippen LogP contribution in [0.15, 0.2) is 89.9 Å². The zero-order chi connectivity index (χ0) is 40.5. The van der Waals surface area contributed by atoms with Crippen LogP contribution in [0.1, 0.15) is 37.3 Å². The van der Waals surface area contributed by atoms with Gasteiger partial charge in [-0.05, 0) is 30.5 Å². The van der Waals surface area contributed by atoms with Crippen molar-refractivity contribution in [3.8, 4) is 0 Å². The quantitative estimate of drug-likeness (QED) is 0.0998. The number of likely N-dealkylation sites (tertiary alicyclic amines) is 1. The molecule has 1 fully saturated rings. The summed E-state index contributed by atoms with van der Waals surface area (Å²) >= 11 is 0. The summed E-state index contributed by atoms with van der Waals surface area (Å²) < 4.78 is 188. The molecule has 6 nitrogen and oxygen atoms in total. The number of amides is 1. The van der Waals surface area contributed by atoms with E-state index in [1.54, 1.807) is 23.1 Å². The standard InChI is InChI=1S/C34H28F13N3O3.Ni/c35-29(36,30(37,38)31(39,40)32(41,42)33(43,44)34(45,46)47)18-24(28(52)53)48-26(21-12-5-2-6-13-21)22-14-7-8-15-23(22)49-27(51)25-16-9-17-50(25)19-20-10-3-1-4-11-20;/h1-8,10-15,24-25H,9,16-19H2,(H2,48,49,51,52,53);/p-1/t24-,25+;/m1./s1/i24D;. The number of hydrogen-bond acceptors (Lipinski definition) is 4. The summed E-state index contributed by atoms with van der Waals surface area (Å²) in [6.45, 7) is 0.819. The molecule has 0 aliphatic carbocycles. The fraction of sp³-hybridized carbons (Fsp3) is 0.382. The van der Waals surface area contributed by atoms with Crippen molar-refractivity contribution in [1.29, 1.82) is 0 Å². The van der Waals surface area contributed by atoms with Crippen LogP contribution in [-0.2, 0) is 32.6 Å². The minimum atomic E-state index is -8.22. The molecule has 0 saturated carbocycles. The third-order valence-electron chi connectivity index (χ3n) is 8.20. The molecule has 2 atom stereocenters. The summed E-state index contributed by atoms with van der Waals surface area (Å²) in [6, 6.07) is 14.6. The molecule has 0 spiro atoms. The summed E-state index contributed by atoms with van der Waals surface area (Å²) in [4.78, 5) is 30.9. The number of rotatable bonds is 14. The fourth-order valence-corrected chi connectivity index (χ4v) is 5.38. The number of nitrogens with zero attached hydrogens (tertiary/aromatic N) is 3. The number of carbonyl (C=O) groups excluding carboxylic acids is 1. The number of hydrogen-bond donors (Lipinski definition) is 1. The number of alkyl halides is 13. The maximum atomic E-state index is 15.0. The van der Waals surface area contributed by atoms with Crippen LogP contribution in [0.3, 0.4) is 0 Å². The average molecular weight is 832 g/mol. The molecule has 298 valence electrons. The van der Waals surface area contributed by atoms with E-state index in [1.165, 1.54) is 36.4 Å². The number of benzene rings is 3. The topological polar surface area (TPSA) is 84.1 Å². The first kappa shape index (κ1) is 42.6. The van der Waals surface area contributed by atoms with Gasteiger partial charge in [-0.15, -0.1) is 5.69 Å². The maximum absolute atomic E-state index is 15.0. The van der Waals surface area contributed by atoms with Gasteiger partial charge >= 0.3 is 41.8 Å². The first-order valence-corrected chi connectivity index (χ1v) is 15.3. The molecule has 1 saturated heterocycles. The van der Waals surface area contributed by atoms with Gasteiger partial charge in [0.15, 0.2) is 6.02 Å². The molecule has 1 aliphatic rings. The molecule has 0 bridgehead atoms. The van der Waals surface area contributed by atoms with Crippen molar-refractivity contribution in [3.63, 3.8) is 0 Å². The Morgan fingerprint density at radius 1 is 0.778 bits per heavy atom. The van der Waals surface area contributed by atoms with Gasteiger partial charge in [-0.25, -0.2) is 4.79 Å². The van der Waals surface area contributed by atoms with E-state index in [4.69, 9.17) is 1.37 Å². The van der Waals surface area contributed by atoms with E-state index in [1.807, 2.05) is 12.1 Å². The number of halogens is 13. The van der Waals surface area contributed by atoms with E-state index in [0.717, 1.165) is 23.8 Å². The molecule has 4 rings (SSSR count). The Kier molecular flexibility index (Phi) is 12.8. The minimum Gasteiger partial charge on any atom is -0.625 e. The molecule has 3 aromatic rings. The molecular weight excluding hydrogens is 804 g/mol. The van der Waals surface area contributed by atoms with Crippen LogP contribution < -0.4 is 0 Å². The normalized spacial score (nSPS) is 18.0. The Hall–Kier alpha value is -4.19. The molecule has 1 aliphatic heterocycles. The fourth-order valence-electron chi connectivity index (χ4n) is 5.38. The molecule has 0 aromatic heterocycles. The van der Waals surface area contributed by atoms with E-state index in [2.05, 4.69) is 10.3 Å². The van der Waals surface area contributed by atoms with Crippen molar-refractivity contribution < 1.29 is 89.6 Å². The summed E-state index contributed by atoms with van der Waals surface area (Å²) in [6.07, 6.45) is -10.2. The van der Waals surface area contributed by atoms with Gasteiger partial charge in [-0.1, -0.05) is 84.9 Å². The predicted octanol–water partition coefficient (Wildman–Crippen LogP) is 9.30. The van der Waals surface area contributed by atoms with Crippen LogP contribution in [-0.4, -0.2) is 82.0 Å². The Morgan fingerprint density at radius 2 is 1.30 bits per heavy atom. The molecule has 1 amide bonds. The van der Waals surface area contributed by atoms with Crippen molar-refractivity contribution in [3.05, 3.63) is 107 Å². The summed E-state index contributed by atoms with van der Waals surface area (Å²) in [5, 5.41) is 13.8. The second-order valence-corrected chi connectivity index (χ2v) is 11.8. The van der Waals surface area contributed by atoms with E-state index in [9.17, 15) is 63.0 Å². The summed E-state index contributed by atoms with van der Waals surface area (Å²) in [7, 11) is 0. The van der Waals surface area contributed by atoms with Gasteiger partial charge in [0.2, 0.25) is 0 Å². The molecule has 1 heterocycles. The predicted molar refractivity (Wildman–Crippen MR) is 163 cm³/mol. The number of carbonyl (C=O) groups is 2. The Morgan fingerprint density at radius 3 is 1.85 bits per heavy atom. The van der Waals surface area contributed by atoms with Crippen LogP contribution in [0.25, 0.3) is 5.32 Å². The van der Waals surface area contributed by atoms with Crippen LogP contribution in [0.2, 0.25) is 0 Å². The van der Waals surface area contributed by atoms with Gasteiger partial charge in [0.05, 0.1) is 25.5 Å². The molecule has 0 radical (unpaired) electrons. The molecule has 1 N–H and O–H groups in total. The first-order chi connectivity index (χ1) is 24.8. The van der Waals surface area contributed by atoms with Gasteiger partial charge in [0.1, 0.15) is 0 Å². The molecular formula is C34H27F13N3NiO3-. The zero-order valence-electron chi connectivity index (χ0n) is 28.0. The largest absolute Gasteiger partial charge is 0.625 e. The van der Waals surface area contributed by atoms with E-state index in [-0.39, 0.29) is 27.7 Å². The SMILES string of the molecule is [2H][C@](CC(F)(F)C(F)(F)C(F)(F)C(F)(F)C(F)(F)C(F)(F)F)(N=C(c1ccccc1)c1ccccc1[N-]C(=O)[C@@H]1CCCN1Cc1ccccc1)C(=O)O.[Ni]. The smallest absolute Gasteiger partial charge is 0.460 e. The maximum Gasteiger partial charge on any atom is 0.460 e. The van der Waals surface area contributed by atoms with Crippen LogP contribution in [0, 0.1) is 0 Å². The third-order valence-corrected chi connectivity index (χ3v) is 8.20. The summed E-state index contributed by atoms with van der Waals surface area (Å²) in [5.74, 6) is -42.8. The van der Waals surface area contributed by atoms with E-state index < -0.39 is 77.4 Å². The van der Waals surface area contributed by atoms with Crippen LogP contribution in [0.5, 0.6) is 0 Å². The number of aliphatic carboxylic acids is 1. The van der Waals surface area contributed by atoms with Gasteiger partial charge < -0.3 is 15.2 Å². The molecule has 3 aromatic carbocycles. The van der Waals surface area contributed by atoms with Crippen molar-refractivity contribution in [1.82, 2.24) is 4.90 Å². The monoisotopic (exact) mass is 831 g/mol. The molecule has 0 unspecified atom stereocenters. The van der Waals surface area contributed by atoms with Crippen LogP contribution >= 0.6 is 0 Å². The number of carboxylic acid groups (broad SMARTS) is 1. The Balaban J connectivity index is 0.00000812. The first-order valence-electron chi connectivity index (χ1n) is 15.8. The number of para-hydroxylation sites is 1. The molecule has 54 heavy (non-hydrogen) atoms. The van der Waals surface area contributed by atoms with Gasteiger partial charge in [-0.3, -0.25) is 9.89 Å². The van der Waals surface area contributed by atoms with E-state index >= 15 is 8.78 Å². The van der Waals surface area contributed by atoms with Gasteiger partial charge in [0, 0.05) is 28.6 Å². The summed E-state index contributed by atoms with van der Waals surface area (Å²) in [5.41, 5.74) is -1.00. The Bertz CT molecular complexity index is 1850.